The molecule has 28 heavy (non-hydrogen) atoms. The summed E-state index contributed by atoms with van der Waals surface area (Å²) < 4.78 is 0. The van der Waals surface area contributed by atoms with Crippen LogP contribution in [0.25, 0.3) is 0 Å². The van der Waals surface area contributed by atoms with E-state index in [1.807, 2.05) is 32.0 Å². The maximum Gasteiger partial charge on any atom is 0.212 e. The molecule has 0 amide bonds. The van der Waals surface area contributed by atoms with Gasteiger partial charge in [-0.2, -0.15) is 0 Å². The van der Waals surface area contributed by atoms with Gasteiger partial charge in [0, 0.05) is 22.4 Å². The van der Waals surface area contributed by atoms with Crippen molar-refractivity contribution < 1.29 is 14.7 Å². The van der Waals surface area contributed by atoms with Crippen molar-refractivity contribution in [3.05, 3.63) is 70.4 Å². The van der Waals surface area contributed by atoms with E-state index in [1.165, 1.54) is 11.8 Å². The zero-order valence-electron chi connectivity index (χ0n) is 15.5. The van der Waals surface area contributed by atoms with Gasteiger partial charge in [0.1, 0.15) is 5.70 Å². The minimum Gasteiger partial charge on any atom is -0.366 e. The lowest BCUT2D eigenvalue weighted by Crippen LogP contribution is -2.56. The third-order valence-corrected chi connectivity index (χ3v) is 6.42. The number of carbonyl (C=O) groups is 2. The molecular weight excluding hydrogens is 372 g/mol. The Bertz CT molecular complexity index is 1130. The van der Waals surface area contributed by atoms with Gasteiger partial charge in [-0.15, -0.1) is 0 Å². The van der Waals surface area contributed by atoms with Crippen molar-refractivity contribution in [2.75, 3.05) is 4.90 Å². The fourth-order valence-electron chi connectivity index (χ4n) is 4.20. The third-order valence-electron chi connectivity index (χ3n) is 5.42. The Morgan fingerprint density at radius 3 is 2.54 bits per heavy atom. The van der Waals surface area contributed by atoms with Gasteiger partial charge in [-0.05, 0) is 36.4 Å². The van der Waals surface area contributed by atoms with E-state index >= 15 is 0 Å². The number of benzene rings is 2. The predicted molar refractivity (Wildman–Crippen MR) is 109 cm³/mol. The van der Waals surface area contributed by atoms with E-state index in [0.717, 1.165) is 16.1 Å². The van der Waals surface area contributed by atoms with Gasteiger partial charge in [-0.1, -0.05) is 43.7 Å². The summed E-state index contributed by atoms with van der Waals surface area (Å²) in [6, 6.07) is 12.7. The van der Waals surface area contributed by atoms with E-state index in [4.69, 9.17) is 0 Å². The number of aliphatic hydroxyl groups is 1. The van der Waals surface area contributed by atoms with Crippen LogP contribution in [0.3, 0.4) is 0 Å². The summed E-state index contributed by atoms with van der Waals surface area (Å²) in [5.41, 5.74) is 1.15. The van der Waals surface area contributed by atoms with Gasteiger partial charge in [0.25, 0.3) is 0 Å². The van der Waals surface area contributed by atoms with Crippen molar-refractivity contribution in [2.45, 2.75) is 37.3 Å². The fourth-order valence-corrected chi connectivity index (χ4v) is 5.38. The molecule has 1 atom stereocenters. The molecule has 3 aliphatic rings. The number of rotatable bonds is 2. The van der Waals surface area contributed by atoms with Crippen molar-refractivity contribution in [2.24, 2.45) is 4.99 Å². The SMILES string of the molecule is CCCC1(O)C2=C(N=C3Sc4cc(C)ccc4N31)C(=O)c1ccccc1C2=O. The van der Waals surface area contributed by atoms with Crippen LogP contribution in [-0.4, -0.2) is 27.6 Å². The van der Waals surface area contributed by atoms with E-state index < -0.39 is 5.72 Å². The summed E-state index contributed by atoms with van der Waals surface area (Å²) in [4.78, 5) is 33.8. The average molecular weight is 390 g/mol. The quantitative estimate of drug-likeness (QED) is 0.836. The lowest BCUT2D eigenvalue weighted by atomic mass is 9.79. The monoisotopic (exact) mass is 390 g/mol. The molecule has 1 aliphatic carbocycles. The predicted octanol–water partition coefficient (Wildman–Crippen LogP) is 4.10. The number of hydrogen-bond donors (Lipinski definition) is 1. The molecular formula is C22H18N2O3S. The number of carbonyl (C=O) groups excluding carboxylic acids is 2. The number of anilines is 1. The van der Waals surface area contributed by atoms with Crippen LogP contribution in [0, 0.1) is 6.92 Å². The Morgan fingerprint density at radius 2 is 1.82 bits per heavy atom. The number of ketones is 2. The van der Waals surface area contributed by atoms with Crippen molar-refractivity contribution in [3.8, 4) is 0 Å². The Labute approximate surface area is 166 Å². The summed E-state index contributed by atoms with van der Waals surface area (Å²) in [6.45, 7) is 3.96. The van der Waals surface area contributed by atoms with Crippen LogP contribution in [0.4, 0.5) is 5.69 Å². The number of amidine groups is 1. The summed E-state index contributed by atoms with van der Waals surface area (Å²) in [5, 5.41) is 12.4. The van der Waals surface area contributed by atoms with E-state index in [2.05, 4.69) is 4.99 Å². The van der Waals surface area contributed by atoms with Crippen LogP contribution in [0.2, 0.25) is 0 Å². The summed E-state index contributed by atoms with van der Waals surface area (Å²) in [7, 11) is 0. The Kier molecular flexibility index (Phi) is 3.66. The molecule has 0 radical (unpaired) electrons. The molecule has 5 rings (SSSR count). The van der Waals surface area contributed by atoms with Crippen LogP contribution >= 0.6 is 11.8 Å². The van der Waals surface area contributed by atoms with E-state index in [9.17, 15) is 14.7 Å². The number of aryl methyl sites for hydroxylation is 1. The highest BCUT2D eigenvalue weighted by molar-refractivity contribution is 8.14. The second-order valence-electron chi connectivity index (χ2n) is 7.30. The standard InChI is InChI=1S/C22H18N2O3S/c1-3-10-22(27)17-18(20(26)14-7-5-4-6-13(14)19(17)25)23-21-24(22)15-9-8-12(2)11-16(15)28-21/h4-9,11,27H,3,10H2,1-2H3. The molecule has 0 spiro atoms. The van der Waals surface area contributed by atoms with Gasteiger partial charge >= 0.3 is 0 Å². The first-order chi connectivity index (χ1) is 13.5. The Hall–Kier alpha value is -2.70. The Balaban J connectivity index is 1.77. The molecule has 0 fully saturated rings. The molecule has 1 N–H and O–H groups in total. The molecule has 2 aromatic rings. The second-order valence-corrected chi connectivity index (χ2v) is 8.31. The summed E-state index contributed by atoms with van der Waals surface area (Å²) in [5.74, 6) is -0.630. The zero-order valence-corrected chi connectivity index (χ0v) is 16.3. The first kappa shape index (κ1) is 17.4. The van der Waals surface area contributed by atoms with Crippen molar-refractivity contribution in [1.82, 2.24) is 0 Å². The number of Topliss-reactive ketones (excluding diaryl/α,β-unsaturated/α-hetero) is 2. The van der Waals surface area contributed by atoms with Crippen molar-refractivity contribution >= 4 is 34.2 Å². The molecule has 0 saturated heterocycles. The largest absolute Gasteiger partial charge is 0.366 e. The molecule has 0 bridgehead atoms. The number of nitrogens with zero attached hydrogens (tertiary/aromatic N) is 2. The fraction of sp³-hybridized carbons (Fsp3) is 0.227. The van der Waals surface area contributed by atoms with Crippen LogP contribution in [-0.2, 0) is 0 Å². The smallest absolute Gasteiger partial charge is 0.212 e. The van der Waals surface area contributed by atoms with Gasteiger partial charge in [-0.3, -0.25) is 14.5 Å². The third kappa shape index (κ3) is 2.16. The lowest BCUT2D eigenvalue weighted by Gasteiger charge is -2.43. The van der Waals surface area contributed by atoms with Gasteiger partial charge in [0.2, 0.25) is 5.78 Å². The maximum atomic E-state index is 13.4. The number of thioether (sulfide) groups is 1. The summed E-state index contributed by atoms with van der Waals surface area (Å²) in [6.07, 6.45) is 0.964. The van der Waals surface area contributed by atoms with Gasteiger partial charge < -0.3 is 5.11 Å². The molecule has 5 nitrogen and oxygen atoms in total. The highest BCUT2D eigenvalue weighted by Gasteiger charge is 2.53. The second kappa shape index (κ2) is 5.90. The maximum absolute atomic E-state index is 13.4. The molecule has 2 aromatic carbocycles. The van der Waals surface area contributed by atoms with E-state index in [1.54, 1.807) is 29.2 Å². The zero-order chi connectivity index (χ0) is 19.6. The lowest BCUT2D eigenvalue weighted by molar-refractivity contribution is 0.0627. The average Bonchev–Trinajstić information content (AvgIpc) is 3.04. The first-order valence-corrected chi connectivity index (χ1v) is 10.1. The number of aliphatic imine (C=N–C) groups is 1. The van der Waals surface area contributed by atoms with Crippen molar-refractivity contribution in [1.29, 1.82) is 0 Å². The van der Waals surface area contributed by atoms with Gasteiger partial charge in [0.05, 0.1) is 11.3 Å². The Morgan fingerprint density at radius 1 is 1.11 bits per heavy atom. The van der Waals surface area contributed by atoms with Crippen LogP contribution in [0.15, 0.2) is 63.6 Å². The minimum absolute atomic E-state index is 0.0722. The number of allylic oxidation sites excluding steroid dienone is 1. The number of hydrogen-bond acceptors (Lipinski definition) is 6. The topological polar surface area (TPSA) is 70.0 Å². The van der Waals surface area contributed by atoms with Gasteiger partial charge in [-0.25, -0.2) is 4.99 Å². The minimum atomic E-state index is -1.60. The van der Waals surface area contributed by atoms with Crippen LogP contribution < -0.4 is 4.90 Å². The first-order valence-electron chi connectivity index (χ1n) is 9.28. The molecule has 2 aliphatic heterocycles. The molecule has 2 heterocycles. The number of fused-ring (bicyclic) bond motifs is 4. The normalized spacial score (nSPS) is 22.5. The van der Waals surface area contributed by atoms with Gasteiger partial charge in [0.15, 0.2) is 16.7 Å². The molecule has 6 heteroatoms. The van der Waals surface area contributed by atoms with E-state index in [0.29, 0.717) is 29.1 Å². The summed E-state index contributed by atoms with van der Waals surface area (Å²) >= 11 is 1.42. The molecule has 0 aromatic heterocycles. The van der Waals surface area contributed by atoms with Crippen molar-refractivity contribution in [3.63, 3.8) is 0 Å². The highest BCUT2D eigenvalue weighted by atomic mass is 32.2. The molecule has 1 unspecified atom stereocenters. The molecule has 0 saturated carbocycles. The highest BCUT2D eigenvalue weighted by Crippen LogP contribution is 2.51. The van der Waals surface area contributed by atoms with E-state index in [-0.39, 0.29) is 22.8 Å². The van der Waals surface area contributed by atoms with Crippen LogP contribution in [0.5, 0.6) is 0 Å². The van der Waals surface area contributed by atoms with Crippen LogP contribution in [0.1, 0.15) is 46.0 Å². The molecule has 140 valence electrons.